The molecule has 4 unspecified atom stereocenters. The van der Waals surface area contributed by atoms with Crippen molar-refractivity contribution in [1.29, 1.82) is 5.26 Å². The van der Waals surface area contributed by atoms with Crippen LogP contribution in [0.1, 0.15) is 118 Å². The maximum absolute atomic E-state index is 13.0. The maximum atomic E-state index is 13.0. The number of nitrogen functional groups attached to an aromatic ring is 1. The predicted octanol–water partition coefficient (Wildman–Crippen LogP) is 7.34. The number of halogens is 3. The van der Waals surface area contributed by atoms with Crippen LogP contribution in [0, 0.1) is 22.7 Å². The second-order valence-corrected chi connectivity index (χ2v) is 14.8. The van der Waals surface area contributed by atoms with Crippen LogP contribution in [0.15, 0.2) is 12.1 Å². The van der Waals surface area contributed by atoms with Gasteiger partial charge in [-0.3, -0.25) is 4.90 Å². The lowest BCUT2D eigenvalue weighted by Crippen LogP contribution is -2.63. The van der Waals surface area contributed by atoms with Crippen molar-refractivity contribution >= 4 is 11.5 Å². The van der Waals surface area contributed by atoms with Crippen molar-refractivity contribution in [2.24, 2.45) is 11.3 Å². The molecule has 3 aliphatic heterocycles. The molecule has 4 heterocycles. The van der Waals surface area contributed by atoms with Gasteiger partial charge in [0.05, 0.1) is 11.3 Å². The zero-order valence-corrected chi connectivity index (χ0v) is 27.4. The molecule has 2 aromatic rings. The van der Waals surface area contributed by atoms with Crippen LogP contribution in [0.3, 0.4) is 0 Å². The molecule has 9 heteroatoms. The number of aryl methyl sites for hydroxylation is 1. The van der Waals surface area contributed by atoms with E-state index in [1.165, 1.54) is 24.0 Å². The summed E-state index contributed by atoms with van der Waals surface area (Å²) in [6.07, 6.45) is 6.03. The van der Waals surface area contributed by atoms with E-state index in [1.54, 1.807) is 0 Å². The molecule has 0 bridgehead atoms. The Morgan fingerprint density at radius 2 is 1.91 bits per heavy atom. The topological polar surface area (TPSA) is 82.1 Å². The summed E-state index contributed by atoms with van der Waals surface area (Å²) in [5, 5.41) is 9.96. The Bertz CT molecular complexity index is 1440. The van der Waals surface area contributed by atoms with Crippen molar-refractivity contribution in [3.8, 4) is 6.07 Å². The minimum Gasteiger partial charge on any atom is -0.398 e. The molecule has 1 spiro atoms. The number of anilines is 2. The van der Waals surface area contributed by atoms with Gasteiger partial charge < -0.3 is 10.6 Å². The second-order valence-electron chi connectivity index (χ2n) is 14.8. The average Bonchev–Trinajstić information content (AvgIpc) is 3.47. The van der Waals surface area contributed by atoms with Crippen molar-refractivity contribution in [2.45, 2.75) is 122 Å². The summed E-state index contributed by atoms with van der Waals surface area (Å²) in [6, 6.07) is 6.36. The molecule has 6 nitrogen and oxygen atoms in total. The van der Waals surface area contributed by atoms with Crippen LogP contribution in [0.4, 0.5) is 24.7 Å². The lowest BCUT2D eigenvalue weighted by molar-refractivity contribution is -0.0658. The van der Waals surface area contributed by atoms with Gasteiger partial charge in [0, 0.05) is 54.2 Å². The summed E-state index contributed by atoms with van der Waals surface area (Å²) < 4.78 is 38.9. The quantitative estimate of drug-likeness (QED) is 0.340. The van der Waals surface area contributed by atoms with Gasteiger partial charge in [0.2, 0.25) is 6.43 Å². The van der Waals surface area contributed by atoms with Crippen LogP contribution in [0.2, 0.25) is 0 Å². The highest BCUT2D eigenvalue weighted by Gasteiger charge is 2.55. The second kappa shape index (κ2) is 12.4. The summed E-state index contributed by atoms with van der Waals surface area (Å²) in [4.78, 5) is 14.4. The van der Waals surface area contributed by atoms with E-state index in [-0.39, 0.29) is 16.9 Å². The molecule has 7 rings (SSSR count). The van der Waals surface area contributed by atoms with E-state index in [9.17, 15) is 18.4 Å². The summed E-state index contributed by atoms with van der Waals surface area (Å²) in [6.45, 7) is 12.1. The Kier molecular flexibility index (Phi) is 8.84. The SMILES string of the molecule is CC12CCCN1CC(F)C2.CCc1nc2c(c(N3CC4(CC(C(F)F)C4)C3)n1)CCC(c1c(C(C)CC)ccc(N)c1C#N)C2. The van der Waals surface area contributed by atoms with Crippen LogP contribution in [-0.2, 0) is 19.3 Å². The van der Waals surface area contributed by atoms with Gasteiger partial charge in [0.1, 0.15) is 23.9 Å². The Hall–Kier alpha value is -2.86. The van der Waals surface area contributed by atoms with Gasteiger partial charge >= 0.3 is 0 Å². The molecule has 4 atom stereocenters. The average molecular weight is 623 g/mol. The standard InChI is InChI=1S/C28H35F2N5.C8H14FN/c1-4-16(3)19-8-9-22(32)21(13-31)25(19)17-6-7-20-23(10-17)33-24(5-2)34-27(20)35-14-28(15-35)11-18(12-28)26(29)30;1-8-3-2-4-10(8)6-7(9)5-8/h8-9,16-18,26H,4-7,10-12,14-15,32H2,1-3H3;7H,2-6H2,1H3. The third-order valence-electron chi connectivity index (χ3n) is 11.7. The van der Waals surface area contributed by atoms with E-state index < -0.39 is 18.5 Å². The van der Waals surface area contributed by atoms with Gasteiger partial charge in [-0.1, -0.05) is 26.8 Å². The summed E-state index contributed by atoms with van der Waals surface area (Å²) in [7, 11) is 0. The normalized spacial score (nSPS) is 27.7. The van der Waals surface area contributed by atoms with Gasteiger partial charge in [-0.25, -0.2) is 23.1 Å². The molecule has 0 amide bonds. The number of alkyl halides is 3. The highest BCUT2D eigenvalue weighted by Crippen LogP contribution is 2.55. The third kappa shape index (κ3) is 5.92. The van der Waals surface area contributed by atoms with E-state index in [1.807, 2.05) is 6.07 Å². The van der Waals surface area contributed by atoms with Crippen LogP contribution in [0.25, 0.3) is 0 Å². The molecule has 45 heavy (non-hydrogen) atoms. The van der Waals surface area contributed by atoms with Gasteiger partial charge in [-0.05, 0) is 100 Å². The molecule has 2 aliphatic carbocycles. The smallest absolute Gasteiger partial charge is 0.241 e. The van der Waals surface area contributed by atoms with Crippen molar-refractivity contribution in [3.05, 3.63) is 45.9 Å². The first-order valence-corrected chi connectivity index (χ1v) is 17.1. The predicted molar refractivity (Wildman–Crippen MR) is 173 cm³/mol. The van der Waals surface area contributed by atoms with Crippen molar-refractivity contribution in [2.75, 3.05) is 36.8 Å². The first-order valence-electron chi connectivity index (χ1n) is 17.1. The number of rotatable bonds is 6. The summed E-state index contributed by atoms with van der Waals surface area (Å²) >= 11 is 0. The molecule has 0 radical (unpaired) electrons. The number of hydrogen-bond donors (Lipinski definition) is 1. The minimum atomic E-state index is -2.20. The van der Waals surface area contributed by atoms with E-state index in [2.05, 4.69) is 49.6 Å². The zero-order chi connectivity index (χ0) is 32.1. The number of nitriles is 1. The molecule has 5 aliphatic rings. The van der Waals surface area contributed by atoms with Gasteiger partial charge in [-0.2, -0.15) is 5.26 Å². The molecular formula is C36H49F3N6. The largest absolute Gasteiger partial charge is 0.398 e. The Morgan fingerprint density at radius 1 is 1.16 bits per heavy atom. The van der Waals surface area contributed by atoms with E-state index >= 15 is 0 Å². The lowest BCUT2D eigenvalue weighted by Gasteiger charge is -2.59. The number of benzene rings is 1. The number of fused-ring (bicyclic) bond motifs is 2. The molecule has 4 fully saturated rings. The monoisotopic (exact) mass is 622 g/mol. The number of hydrogen-bond acceptors (Lipinski definition) is 6. The Labute approximate surface area is 266 Å². The van der Waals surface area contributed by atoms with Crippen LogP contribution in [0.5, 0.6) is 0 Å². The van der Waals surface area contributed by atoms with Gasteiger partial charge in [0.25, 0.3) is 0 Å². The number of aromatic nitrogens is 2. The molecule has 3 saturated heterocycles. The van der Waals surface area contributed by atoms with Crippen molar-refractivity contribution in [1.82, 2.24) is 14.9 Å². The Balaban J connectivity index is 0.000000301. The lowest BCUT2D eigenvalue weighted by atomic mass is 9.58. The summed E-state index contributed by atoms with van der Waals surface area (Å²) in [5.41, 5.74) is 12.3. The number of nitrogens with two attached hydrogens (primary N) is 1. The van der Waals surface area contributed by atoms with Gasteiger partial charge in [0.15, 0.2) is 0 Å². The van der Waals surface area contributed by atoms with Crippen LogP contribution >= 0.6 is 0 Å². The Morgan fingerprint density at radius 3 is 2.56 bits per heavy atom. The first kappa shape index (κ1) is 32.1. The van der Waals surface area contributed by atoms with E-state index in [0.29, 0.717) is 36.6 Å². The molecule has 244 valence electrons. The minimum absolute atomic E-state index is 0.0525. The zero-order valence-electron chi connectivity index (χ0n) is 27.4. The fraction of sp³-hybridized carbons (Fsp3) is 0.694. The fourth-order valence-corrected chi connectivity index (χ4v) is 8.98. The van der Waals surface area contributed by atoms with Crippen LogP contribution in [-0.4, -0.2) is 59.2 Å². The molecule has 1 aromatic carbocycles. The highest BCUT2D eigenvalue weighted by atomic mass is 19.3. The highest BCUT2D eigenvalue weighted by molar-refractivity contribution is 5.63. The third-order valence-corrected chi connectivity index (χ3v) is 11.7. The van der Waals surface area contributed by atoms with E-state index in [4.69, 9.17) is 15.7 Å². The maximum Gasteiger partial charge on any atom is 0.241 e. The number of nitrogens with zero attached hydrogens (tertiary/aromatic N) is 5. The van der Waals surface area contributed by atoms with Crippen LogP contribution < -0.4 is 10.6 Å². The molecule has 1 aromatic heterocycles. The van der Waals surface area contributed by atoms with Crippen molar-refractivity contribution < 1.29 is 13.2 Å². The first-order chi connectivity index (χ1) is 21.5. The van der Waals surface area contributed by atoms with Gasteiger partial charge in [-0.15, -0.1) is 0 Å². The summed E-state index contributed by atoms with van der Waals surface area (Å²) in [5.74, 6) is 1.94. The van der Waals surface area contributed by atoms with E-state index in [0.717, 1.165) is 81.1 Å². The molecule has 1 saturated carbocycles. The molecular weight excluding hydrogens is 573 g/mol. The van der Waals surface area contributed by atoms with Crippen molar-refractivity contribution in [3.63, 3.8) is 0 Å². The molecule has 2 N–H and O–H groups in total. The fourth-order valence-electron chi connectivity index (χ4n) is 8.98.